The average Bonchev–Trinajstić information content (AvgIpc) is 3.04. The summed E-state index contributed by atoms with van der Waals surface area (Å²) in [5.41, 5.74) is 1.89. The lowest BCUT2D eigenvalue weighted by atomic mass is 10.2. The number of benzene rings is 2. The van der Waals surface area contributed by atoms with Gasteiger partial charge in [-0.3, -0.25) is 4.79 Å². The number of amides is 1. The maximum atomic E-state index is 12.8. The summed E-state index contributed by atoms with van der Waals surface area (Å²) in [6, 6.07) is 14.8. The van der Waals surface area contributed by atoms with Gasteiger partial charge in [-0.15, -0.1) is 11.3 Å². The molecule has 132 valence electrons. The number of halogens is 1. The van der Waals surface area contributed by atoms with Gasteiger partial charge in [-0.25, -0.2) is 14.2 Å². The minimum absolute atomic E-state index is 0.360. The third-order valence-corrected chi connectivity index (χ3v) is 4.65. The molecule has 0 aliphatic carbocycles. The number of carbonyl (C=O) groups is 2. The van der Waals surface area contributed by atoms with E-state index in [1.54, 1.807) is 6.92 Å². The van der Waals surface area contributed by atoms with Gasteiger partial charge >= 0.3 is 5.97 Å². The molecule has 0 bridgehead atoms. The second-order valence-corrected chi connectivity index (χ2v) is 6.43. The molecule has 0 atom stereocenters. The van der Waals surface area contributed by atoms with E-state index in [0.29, 0.717) is 21.3 Å². The highest BCUT2D eigenvalue weighted by molar-refractivity contribution is 7.17. The number of anilines is 1. The van der Waals surface area contributed by atoms with Gasteiger partial charge in [0.2, 0.25) is 0 Å². The number of carbonyl (C=O) groups excluding carboxylic acids is 2. The molecular formula is C19H15FN2O3S. The minimum Gasteiger partial charge on any atom is -0.451 e. The van der Waals surface area contributed by atoms with E-state index < -0.39 is 24.3 Å². The monoisotopic (exact) mass is 370 g/mol. The van der Waals surface area contributed by atoms with Crippen LogP contribution in [-0.2, 0) is 9.53 Å². The number of thiazole rings is 1. The number of nitrogens with zero attached hydrogens (tertiary/aromatic N) is 1. The van der Waals surface area contributed by atoms with Crippen LogP contribution in [0.1, 0.15) is 15.4 Å². The molecule has 0 radical (unpaired) electrons. The highest BCUT2D eigenvalue weighted by Gasteiger charge is 2.18. The highest BCUT2D eigenvalue weighted by atomic mass is 32.1. The predicted molar refractivity (Wildman–Crippen MR) is 97.6 cm³/mol. The van der Waals surface area contributed by atoms with E-state index in [1.807, 2.05) is 30.3 Å². The van der Waals surface area contributed by atoms with Crippen LogP contribution in [0.4, 0.5) is 10.1 Å². The maximum Gasteiger partial charge on any atom is 0.350 e. The predicted octanol–water partition coefficient (Wildman–Crippen LogP) is 4.05. The summed E-state index contributed by atoms with van der Waals surface area (Å²) in [6.07, 6.45) is 0. The molecule has 1 heterocycles. The number of rotatable bonds is 5. The summed E-state index contributed by atoms with van der Waals surface area (Å²) in [5, 5.41) is 3.24. The van der Waals surface area contributed by atoms with E-state index in [4.69, 9.17) is 4.74 Å². The smallest absolute Gasteiger partial charge is 0.350 e. The Morgan fingerprint density at radius 1 is 1.12 bits per heavy atom. The summed E-state index contributed by atoms with van der Waals surface area (Å²) >= 11 is 1.22. The zero-order valence-corrected chi connectivity index (χ0v) is 14.7. The van der Waals surface area contributed by atoms with Crippen molar-refractivity contribution < 1.29 is 18.7 Å². The number of ether oxygens (including phenoxy) is 1. The summed E-state index contributed by atoms with van der Waals surface area (Å²) in [4.78, 5) is 28.8. The summed E-state index contributed by atoms with van der Waals surface area (Å²) in [6.45, 7) is 1.28. The molecule has 7 heteroatoms. The first-order valence-electron chi connectivity index (χ1n) is 7.78. The molecular weight excluding hydrogens is 355 g/mol. The van der Waals surface area contributed by atoms with Crippen molar-refractivity contribution in [3.05, 3.63) is 71.0 Å². The molecule has 2 aromatic carbocycles. The van der Waals surface area contributed by atoms with Gasteiger partial charge < -0.3 is 10.1 Å². The Hall–Kier alpha value is -3.06. The third kappa shape index (κ3) is 4.31. The number of esters is 1. The van der Waals surface area contributed by atoms with Gasteiger partial charge in [0.25, 0.3) is 5.91 Å². The van der Waals surface area contributed by atoms with Crippen LogP contribution >= 0.6 is 11.3 Å². The van der Waals surface area contributed by atoms with Crippen molar-refractivity contribution in [2.24, 2.45) is 0 Å². The largest absolute Gasteiger partial charge is 0.451 e. The molecule has 3 aromatic rings. The standard InChI is InChI=1S/C19H15FN2O3S/c1-12-17(26-18(21-12)13-5-3-2-4-6-13)19(24)25-11-16(23)22-15-9-7-14(20)8-10-15/h2-10H,11H2,1H3,(H,22,23). The number of hydrogen-bond acceptors (Lipinski definition) is 5. The lowest BCUT2D eigenvalue weighted by Gasteiger charge is -2.06. The molecule has 1 N–H and O–H groups in total. The summed E-state index contributed by atoms with van der Waals surface area (Å²) < 4.78 is 17.9. The lowest BCUT2D eigenvalue weighted by Crippen LogP contribution is -2.20. The highest BCUT2D eigenvalue weighted by Crippen LogP contribution is 2.28. The van der Waals surface area contributed by atoms with Crippen LogP contribution in [0.2, 0.25) is 0 Å². The Kier molecular flexibility index (Phi) is 5.38. The SMILES string of the molecule is Cc1nc(-c2ccccc2)sc1C(=O)OCC(=O)Nc1ccc(F)cc1. The fourth-order valence-electron chi connectivity index (χ4n) is 2.22. The normalized spacial score (nSPS) is 10.4. The van der Waals surface area contributed by atoms with Gasteiger partial charge in [-0.2, -0.15) is 0 Å². The first-order valence-corrected chi connectivity index (χ1v) is 8.60. The van der Waals surface area contributed by atoms with E-state index in [-0.39, 0.29) is 0 Å². The third-order valence-electron chi connectivity index (χ3n) is 3.47. The van der Waals surface area contributed by atoms with Crippen LogP contribution in [0.3, 0.4) is 0 Å². The number of aryl methyl sites for hydroxylation is 1. The van der Waals surface area contributed by atoms with Crippen molar-refractivity contribution in [2.45, 2.75) is 6.92 Å². The van der Waals surface area contributed by atoms with Gasteiger partial charge in [-0.1, -0.05) is 30.3 Å². The zero-order valence-electron chi connectivity index (χ0n) is 13.9. The lowest BCUT2D eigenvalue weighted by molar-refractivity contribution is -0.119. The second-order valence-electron chi connectivity index (χ2n) is 5.43. The molecule has 0 fully saturated rings. The Morgan fingerprint density at radius 2 is 1.81 bits per heavy atom. The fraction of sp³-hybridized carbons (Fsp3) is 0.105. The molecule has 0 aliphatic heterocycles. The van der Waals surface area contributed by atoms with Gasteiger partial charge in [0, 0.05) is 11.3 Å². The molecule has 5 nitrogen and oxygen atoms in total. The molecule has 0 spiro atoms. The molecule has 3 rings (SSSR count). The first-order chi connectivity index (χ1) is 12.5. The van der Waals surface area contributed by atoms with E-state index in [1.165, 1.54) is 35.6 Å². The van der Waals surface area contributed by atoms with Crippen molar-refractivity contribution in [3.63, 3.8) is 0 Å². The Morgan fingerprint density at radius 3 is 2.50 bits per heavy atom. The zero-order chi connectivity index (χ0) is 18.5. The topological polar surface area (TPSA) is 68.3 Å². The van der Waals surface area contributed by atoms with Crippen LogP contribution in [-0.4, -0.2) is 23.5 Å². The van der Waals surface area contributed by atoms with Crippen LogP contribution < -0.4 is 5.32 Å². The first kappa shape index (κ1) is 17.8. The molecule has 0 saturated heterocycles. The van der Waals surface area contributed by atoms with E-state index >= 15 is 0 Å². The van der Waals surface area contributed by atoms with Crippen molar-refractivity contribution in [2.75, 3.05) is 11.9 Å². The average molecular weight is 370 g/mol. The van der Waals surface area contributed by atoms with Gasteiger partial charge in [0.15, 0.2) is 6.61 Å². The van der Waals surface area contributed by atoms with Gasteiger partial charge in [-0.05, 0) is 31.2 Å². The Balaban J connectivity index is 1.60. The summed E-state index contributed by atoms with van der Waals surface area (Å²) in [7, 11) is 0. The maximum absolute atomic E-state index is 12.8. The van der Waals surface area contributed by atoms with Gasteiger partial charge in [0.05, 0.1) is 5.69 Å². The van der Waals surface area contributed by atoms with Gasteiger partial charge in [0.1, 0.15) is 15.7 Å². The Labute approximate surface area is 153 Å². The quantitative estimate of drug-likeness (QED) is 0.688. The second kappa shape index (κ2) is 7.88. The molecule has 0 aliphatic rings. The van der Waals surface area contributed by atoms with Crippen molar-refractivity contribution in [1.29, 1.82) is 0 Å². The van der Waals surface area contributed by atoms with E-state index in [9.17, 15) is 14.0 Å². The minimum atomic E-state index is -0.601. The number of nitrogens with one attached hydrogen (secondary N) is 1. The molecule has 1 aromatic heterocycles. The van der Waals surface area contributed by atoms with Crippen LogP contribution in [0.5, 0.6) is 0 Å². The van der Waals surface area contributed by atoms with Crippen molar-refractivity contribution in [1.82, 2.24) is 4.98 Å². The molecule has 1 amide bonds. The summed E-state index contributed by atoms with van der Waals surface area (Å²) in [5.74, 6) is -1.50. The Bertz CT molecular complexity index is 924. The van der Waals surface area contributed by atoms with Crippen molar-refractivity contribution in [3.8, 4) is 10.6 Å². The number of hydrogen-bond donors (Lipinski definition) is 1. The fourth-order valence-corrected chi connectivity index (χ4v) is 3.18. The van der Waals surface area contributed by atoms with Crippen LogP contribution in [0.25, 0.3) is 10.6 Å². The molecule has 0 saturated carbocycles. The van der Waals surface area contributed by atoms with E-state index in [2.05, 4.69) is 10.3 Å². The molecule has 26 heavy (non-hydrogen) atoms. The van der Waals surface area contributed by atoms with E-state index in [0.717, 1.165) is 5.56 Å². The van der Waals surface area contributed by atoms with Crippen molar-refractivity contribution >= 4 is 28.9 Å². The van der Waals surface area contributed by atoms with Crippen LogP contribution in [0.15, 0.2) is 54.6 Å². The molecule has 0 unspecified atom stereocenters. The number of aromatic nitrogens is 1. The van der Waals surface area contributed by atoms with Crippen LogP contribution in [0, 0.1) is 12.7 Å².